The van der Waals surface area contributed by atoms with Crippen LogP contribution in [-0.4, -0.2) is 220 Å². The van der Waals surface area contributed by atoms with Crippen LogP contribution in [0.2, 0.25) is 0 Å². The minimum Gasteiger partial charge on any atom is -0.379 e. The lowest BCUT2D eigenvalue weighted by Crippen LogP contribution is -2.16. The van der Waals surface area contributed by atoms with Crippen molar-refractivity contribution in [2.45, 2.75) is 11.8 Å². The second-order valence-electron chi connectivity index (χ2n) is 12.2. The van der Waals surface area contributed by atoms with Gasteiger partial charge in [-0.15, -0.1) is 0 Å². The molecule has 0 aliphatic rings. The van der Waals surface area contributed by atoms with E-state index in [2.05, 4.69) is 10.0 Å². The first kappa shape index (κ1) is 56.9. The van der Waals surface area contributed by atoms with E-state index >= 15 is 0 Å². The van der Waals surface area contributed by atoms with Crippen molar-refractivity contribution in [1.82, 2.24) is 0 Å². The van der Waals surface area contributed by atoms with Crippen LogP contribution in [0, 0.1) is 6.92 Å². The van der Waals surface area contributed by atoms with Gasteiger partial charge in [-0.2, -0.15) is 8.42 Å². The Hall–Kier alpha value is -2.16. The predicted octanol–water partition coefficient (Wildman–Crippen LogP) is 2.26. The summed E-state index contributed by atoms with van der Waals surface area (Å²) in [6, 6.07) is 6.47. The van der Waals surface area contributed by atoms with Crippen LogP contribution in [0.1, 0.15) is 5.56 Å². The number of hydrogen-bond acceptors (Lipinski definition) is 19. The molecule has 356 valence electrons. The first-order valence-corrected chi connectivity index (χ1v) is 22.1. The van der Waals surface area contributed by atoms with Crippen LogP contribution >= 0.6 is 0 Å². The van der Waals surface area contributed by atoms with Gasteiger partial charge in [-0.05, 0) is 24.6 Å². The van der Waals surface area contributed by atoms with E-state index in [0.717, 1.165) is 5.56 Å². The van der Waals surface area contributed by atoms with Crippen LogP contribution in [0.25, 0.3) is 10.4 Å². The summed E-state index contributed by atoms with van der Waals surface area (Å²) < 4.78 is 111. The third-order valence-corrected chi connectivity index (χ3v) is 8.71. The van der Waals surface area contributed by atoms with E-state index in [-0.39, 0.29) is 18.1 Å². The standard InChI is InChI=1S/C39H71N3O18S/c1-38-2-4-39(5-3-38)61(43,44)60-37-36-59-35-34-58-33-32-57-31-30-56-29-28-55-27-26-54-25-24-53-23-22-52-21-20-51-19-18-50-17-16-49-15-14-48-13-12-47-11-10-46-9-8-45-7-6-41-42-40/h2-5H,6-37H2,1H3. The monoisotopic (exact) mass is 901 g/mol. The SMILES string of the molecule is Cc1ccc(S(=O)(=O)OCCOCCOCCOCCOCCOCCOCCOCCOCCOCCOCCOCCOCCOCCOCCOCCN=[N+]=[N-])cc1. The molecule has 0 amide bonds. The first-order chi connectivity index (χ1) is 30.1. The molecule has 0 radical (unpaired) electrons. The molecule has 0 atom stereocenters. The van der Waals surface area contributed by atoms with Crippen molar-refractivity contribution in [3.8, 4) is 0 Å². The van der Waals surface area contributed by atoms with Gasteiger partial charge in [-0.3, -0.25) is 4.18 Å². The fraction of sp³-hybridized carbons (Fsp3) is 0.846. The molecule has 61 heavy (non-hydrogen) atoms. The Labute approximate surface area is 361 Å². The summed E-state index contributed by atoms with van der Waals surface area (Å²) in [5.41, 5.74) is 9.12. The molecule has 1 aromatic rings. The number of azide groups is 1. The Morgan fingerprint density at radius 3 is 0.820 bits per heavy atom. The molecule has 0 unspecified atom stereocenters. The summed E-state index contributed by atoms with van der Waals surface area (Å²) in [5, 5.41) is 3.37. The third-order valence-electron chi connectivity index (χ3n) is 7.38. The number of nitrogens with zero attached hydrogens (tertiary/aromatic N) is 3. The molecule has 22 heteroatoms. The van der Waals surface area contributed by atoms with E-state index in [9.17, 15) is 8.42 Å². The van der Waals surface area contributed by atoms with Gasteiger partial charge < -0.3 is 71.1 Å². The van der Waals surface area contributed by atoms with E-state index in [4.69, 9.17) is 80.8 Å². The quantitative estimate of drug-likeness (QED) is 0.0300. The maximum atomic E-state index is 12.1. The number of ether oxygens (including phenoxy) is 15. The van der Waals surface area contributed by atoms with Crippen LogP contribution in [0.15, 0.2) is 34.3 Å². The van der Waals surface area contributed by atoms with Crippen LogP contribution in [-0.2, 0) is 85.4 Å². The zero-order chi connectivity index (χ0) is 43.8. The summed E-state index contributed by atoms with van der Waals surface area (Å²) in [7, 11) is -3.78. The molecule has 0 saturated carbocycles. The van der Waals surface area contributed by atoms with Crippen molar-refractivity contribution in [2.75, 3.05) is 211 Å². The van der Waals surface area contributed by atoms with Crippen molar-refractivity contribution < 1.29 is 83.7 Å². The molecule has 0 spiro atoms. The van der Waals surface area contributed by atoms with Crippen molar-refractivity contribution in [1.29, 1.82) is 0 Å². The van der Waals surface area contributed by atoms with E-state index in [1.807, 2.05) is 6.92 Å². The van der Waals surface area contributed by atoms with E-state index < -0.39 is 10.1 Å². The summed E-state index contributed by atoms with van der Waals surface area (Å²) >= 11 is 0. The summed E-state index contributed by atoms with van der Waals surface area (Å²) in [6.07, 6.45) is 0. The van der Waals surface area contributed by atoms with Crippen molar-refractivity contribution >= 4 is 10.1 Å². The largest absolute Gasteiger partial charge is 0.379 e. The van der Waals surface area contributed by atoms with Gasteiger partial charge in [0.15, 0.2) is 0 Å². The second kappa shape index (κ2) is 45.9. The molecular formula is C39H71N3O18S. The Morgan fingerprint density at radius 2 is 0.590 bits per heavy atom. The highest BCUT2D eigenvalue weighted by molar-refractivity contribution is 7.86. The van der Waals surface area contributed by atoms with E-state index in [0.29, 0.717) is 198 Å². The molecule has 1 aromatic carbocycles. The van der Waals surface area contributed by atoms with Gasteiger partial charge >= 0.3 is 0 Å². The zero-order valence-corrected chi connectivity index (χ0v) is 36.9. The van der Waals surface area contributed by atoms with Crippen molar-refractivity contribution in [2.24, 2.45) is 5.11 Å². The van der Waals surface area contributed by atoms with Gasteiger partial charge in [0.25, 0.3) is 10.1 Å². The highest BCUT2D eigenvalue weighted by Crippen LogP contribution is 2.13. The summed E-state index contributed by atoms with van der Waals surface area (Å²) in [6.45, 7) is 15.5. The molecule has 21 nitrogen and oxygen atoms in total. The molecule has 0 aliphatic heterocycles. The normalized spacial score (nSPS) is 11.7. The molecule has 0 fully saturated rings. The second-order valence-corrected chi connectivity index (χ2v) is 13.8. The highest BCUT2D eigenvalue weighted by Gasteiger charge is 2.14. The summed E-state index contributed by atoms with van der Waals surface area (Å²) in [5.74, 6) is 0. The number of benzene rings is 1. The zero-order valence-electron chi connectivity index (χ0n) is 36.0. The minimum absolute atomic E-state index is 0.0664. The van der Waals surface area contributed by atoms with Gasteiger partial charge in [0.1, 0.15) is 0 Å². The van der Waals surface area contributed by atoms with E-state index in [1.165, 1.54) is 12.1 Å². The molecule has 0 N–H and O–H groups in total. The van der Waals surface area contributed by atoms with Crippen molar-refractivity contribution in [3.05, 3.63) is 40.3 Å². The Balaban J connectivity index is 1.63. The topological polar surface area (TPSA) is 231 Å². The fourth-order valence-electron chi connectivity index (χ4n) is 4.31. The van der Waals surface area contributed by atoms with Crippen LogP contribution in [0.5, 0.6) is 0 Å². The molecule has 0 saturated heterocycles. The average Bonchev–Trinajstić information content (AvgIpc) is 3.26. The van der Waals surface area contributed by atoms with Crippen LogP contribution in [0.3, 0.4) is 0 Å². The minimum atomic E-state index is -3.78. The third kappa shape index (κ3) is 41.6. The lowest BCUT2D eigenvalue weighted by atomic mass is 10.2. The smallest absolute Gasteiger partial charge is 0.297 e. The van der Waals surface area contributed by atoms with Gasteiger partial charge in [-0.25, -0.2) is 0 Å². The highest BCUT2D eigenvalue weighted by atomic mass is 32.2. The molecule has 0 aliphatic carbocycles. The summed E-state index contributed by atoms with van der Waals surface area (Å²) in [4.78, 5) is 2.77. The fourth-order valence-corrected chi connectivity index (χ4v) is 5.20. The number of aryl methyl sites for hydroxylation is 1. The number of rotatable bonds is 50. The molecule has 1 rings (SSSR count). The maximum Gasteiger partial charge on any atom is 0.297 e. The predicted molar refractivity (Wildman–Crippen MR) is 221 cm³/mol. The molecular weight excluding hydrogens is 830 g/mol. The van der Waals surface area contributed by atoms with Crippen LogP contribution < -0.4 is 0 Å². The van der Waals surface area contributed by atoms with Crippen molar-refractivity contribution in [3.63, 3.8) is 0 Å². The van der Waals surface area contributed by atoms with Gasteiger partial charge in [-0.1, -0.05) is 22.8 Å². The average molecular weight is 902 g/mol. The maximum absolute atomic E-state index is 12.1. The Kier molecular flexibility index (Phi) is 42.7. The number of hydrogen-bond donors (Lipinski definition) is 0. The van der Waals surface area contributed by atoms with E-state index in [1.54, 1.807) is 12.1 Å². The Bertz CT molecular complexity index is 1220. The van der Waals surface area contributed by atoms with Crippen LogP contribution in [0.4, 0.5) is 0 Å². The van der Waals surface area contributed by atoms with Gasteiger partial charge in [0.05, 0.1) is 210 Å². The molecule has 0 bridgehead atoms. The lowest BCUT2D eigenvalue weighted by Gasteiger charge is -2.09. The first-order valence-electron chi connectivity index (χ1n) is 20.7. The van der Waals surface area contributed by atoms with Gasteiger partial charge in [0.2, 0.25) is 0 Å². The molecule has 0 heterocycles. The van der Waals surface area contributed by atoms with Gasteiger partial charge in [0, 0.05) is 11.5 Å². The lowest BCUT2D eigenvalue weighted by molar-refractivity contribution is -0.0301. The molecule has 0 aromatic heterocycles. The Morgan fingerprint density at radius 1 is 0.377 bits per heavy atom.